The smallest absolute Gasteiger partial charge is 1.00 e. The molecule has 7 heterocycles. The van der Waals surface area contributed by atoms with Crippen LogP contribution in [-0.2, 0) is 62.3 Å². The Bertz CT molecular complexity index is 4070. The molecule has 0 aliphatic rings. The van der Waals surface area contributed by atoms with Crippen molar-refractivity contribution in [2.45, 2.75) is 129 Å². The first-order chi connectivity index (χ1) is 49.4. The van der Waals surface area contributed by atoms with Crippen LogP contribution in [0.5, 0.6) is 0 Å². The second-order valence-electron chi connectivity index (χ2n) is 22.2. The van der Waals surface area contributed by atoms with Gasteiger partial charge in [-0.15, -0.1) is 52.1 Å². The average molecular weight is 1820 g/mol. The molecule has 2 aromatic carbocycles. The van der Waals surface area contributed by atoms with Crippen molar-refractivity contribution in [3.63, 3.8) is 0 Å². The first kappa shape index (κ1) is 116. The van der Waals surface area contributed by atoms with Crippen LogP contribution in [0.25, 0.3) is 0 Å². The molecular formula is C64H84B7Br2ClFKN14NaO10S8. The number of rotatable bonds is 17. The number of carboxylic acid groups (broad SMARTS) is 1. The summed E-state index contributed by atoms with van der Waals surface area (Å²) in [5.74, 6) is 4.54. The first-order valence-electron chi connectivity index (χ1n) is 30.3. The quantitative estimate of drug-likeness (QED) is 0.0106. The molecule has 0 fully saturated rings. The Morgan fingerprint density at radius 3 is 1.48 bits per heavy atom. The number of nitrogens with two attached hydrogens (primary N) is 3. The zero-order valence-corrected chi connectivity index (χ0v) is 77.5. The molecule has 0 saturated heterocycles. The number of aliphatic hydroxyl groups excluding tert-OH is 2. The van der Waals surface area contributed by atoms with Gasteiger partial charge in [-0.1, -0.05) is 152 Å². The maximum absolute atomic E-state index is 12.5. The van der Waals surface area contributed by atoms with Gasteiger partial charge in [0.2, 0.25) is 23.6 Å². The molecule has 0 saturated carbocycles. The Hall–Kier alpha value is -4.01. The number of allylic oxidation sites excluding steroid dienone is 1. The van der Waals surface area contributed by atoms with Gasteiger partial charge in [0.05, 0.1) is 91.3 Å². The molecule has 11 N–H and O–H groups in total. The van der Waals surface area contributed by atoms with Gasteiger partial charge < -0.3 is 65.1 Å². The maximum atomic E-state index is 12.5. The molecular weight excluding hydrogens is 1730 g/mol. The van der Waals surface area contributed by atoms with E-state index in [9.17, 15) is 23.6 Å². The number of thioether (sulfide) groups is 3. The number of aromatic nitrogens is 7. The SMILES string of the molecule is Br.C.C=CC(=O)Cc1cccc(C(=O)Nc2ncc(SCc3ncc(C(C)(C)C)o3)s2)c1.C=CC(=O)Nc1cccc(C(=O)O)c1.CC(C)(C)c1cnc(CCl)o1.CC(C)(C)c1cnc(CSc2cnc(N)s2)o1.CCO.CO.N#CSc1cnc(N)s1.N#C[S-].Nc1ncc(Br)s1.[2H]CF.[B].[B]B([B])B([B])[B].[H-].[K+].[Na+]. The Kier molecular flexibility index (Phi) is 70.5. The fraction of sp³-hybridized carbons (Fsp3) is 0.328. The summed E-state index contributed by atoms with van der Waals surface area (Å²) in [4.78, 5) is 73.9. The standard InChI is InChI=1S/C22H23N3O3S2.C11H15N3OS2.C10H9NO3.C8H12ClNO.C4H3N3S2.C3H3BrN2S.C2H6O.CH3F.CHNS.CH4O.CH4.B6.B.BrH.K.Na.H/c1-5-16(26)10-14-7-6-8-15(9-14)20(27)25-21-24-12-19(30-21)29-13-18-23-11-17(28-18)22(2,3)4;1-11(2,3)7-4-13-8(15-7)6-16-9-5-14-10(12)17-9;1-2-9(12)11-8-5-3-4-7(6-8)10(13)14;1-8(2,3)6-5-10-7(4-9)11-6;5-2-8-3-1-7-4(6)9-3;4-2-1-6-3(5)7-2;1-2-3;1-2;2-1-3;1-2;;1-5(2)6(3)4;;;;;/h5-9,11-12H,1,10,13H2,2-4H3,(H,24,25,27);4-5H,6H2,1-3H3,(H2,12,14);2-6H,1H2,(H,11,12)(H,13,14);5H,4H2,1-3H3;1H,(H2,6,7);1H,(H2,5,6);3H,2H2,1H3;1H3;3H;2H,1H3;1H4;;;1H;;;/q;;;;;;;;;;;;;;2*+1;-1/p-1/i;;;;;;;1D;;;;;;;;;. The van der Waals surface area contributed by atoms with E-state index in [0.29, 0.717) is 60.9 Å². The third-order valence-electron chi connectivity index (χ3n) is 10.8. The summed E-state index contributed by atoms with van der Waals surface area (Å²) in [6, 6.07) is 13.0. The molecule has 2 amide bonds. The van der Waals surface area contributed by atoms with Crippen molar-refractivity contribution in [3.05, 3.63) is 173 Å². The van der Waals surface area contributed by atoms with Crippen LogP contribution < -0.4 is 109 Å². The second-order valence-corrected chi connectivity index (χ2v) is 31.9. The van der Waals surface area contributed by atoms with E-state index in [2.05, 4.69) is 150 Å². The van der Waals surface area contributed by atoms with Crippen molar-refractivity contribution in [2.75, 3.05) is 48.7 Å². The molecule has 45 heteroatoms. The van der Waals surface area contributed by atoms with Gasteiger partial charge in [0.25, 0.3) is 5.91 Å². The van der Waals surface area contributed by atoms with Crippen LogP contribution in [0.1, 0.15) is 141 Å². The molecule has 11 radical (unpaired) electrons. The summed E-state index contributed by atoms with van der Waals surface area (Å²) in [7, 11) is 19.9. The van der Waals surface area contributed by atoms with Gasteiger partial charge in [0.15, 0.2) is 26.3 Å². The predicted octanol–water partition coefficient (Wildman–Crippen LogP) is 8.46. The number of thiazole rings is 4. The molecule has 569 valence electrons. The van der Waals surface area contributed by atoms with Crippen LogP contribution in [0.2, 0.25) is 0 Å². The predicted molar refractivity (Wildman–Crippen MR) is 460 cm³/mol. The number of hydrogen-bond acceptors (Lipinski definition) is 29. The Labute approximate surface area is 772 Å². The fourth-order valence-corrected chi connectivity index (χ4v) is 11.6. The van der Waals surface area contributed by atoms with Crippen molar-refractivity contribution in [1.29, 1.82) is 10.5 Å². The number of alkyl halides is 2. The number of ketones is 1. The minimum absolute atomic E-state index is 0. The van der Waals surface area contributed by atoms with Crippen LogP contribution in [0.15, 0.2) is 147 Å². The molecule has 0 atom stereocenters. The molecule has 109 heavy (non-hydrogen) atoms. The number of carbonyl (C=O) groups excluding carboxylic acids is 3. The van der Waals surface area contributed by atoms with E-state index in [-0.39, 0.29) is 168 Å². The zero-order chi connectivity index (χ0) is 80.5. The number of anilines is 5. The topological polar surface area (TPSA) is 408 Å². The van der Waals surface area contributed by atoms with E-state index in [1.807, 2.05) is 11.5 Å². The third kappa shape index (κ3) is 55.2. The molecule has 7 aromatic heterocycles. The van der Waals surface area contributed by atoms with Gasteiger partial charge in [-0.05, 0) is 70.9 Å². The number of nitrogen functional groups attached to an aromatic ring is 3. The Morgan fingerprint density at radius 2 is 1.13 bits per heavy atom. The van der Waals surface area contributed by atoms with E-state index >= 15 is 0 Å². The number of nitriles is 2. The number of thiocyanates is 2. The van der Waals surface area contributed by atoms with E-state index < -0.39 is 25.9 Å². The number of amides is 2. The van der Waals surface area contributed by atoms with E-state index in [0.717, 1.165) is 70.1 Å². The van der Waals surface area contributed by atoms with E-state index in [1.54, 1.807) is 104 Å². The molecule has 0 bridgehead atoms. The van der Waals surface area contributed by atoms with Crippen LogP contribution in [0, 0.1) is 21.3 Å². The van der Waals surface area contributed by atoms with Crippen molar-refractivity contribution in [2.24, 2.45) is 0 Å². The summed E-state index contributed by atoms with van der Waals surface area (Å²) in [5.41, 5.74) is 17.9. The molecule has 24 nitrogen and oxygen atoms in total. The van der Waals surface area contributed by atoms with Crippen LogP contribution >= 0.6 is 125 Å². The second kappa shape index (κ2) is 66.3. The van der Waals surface area contributed by atoms with E-state index in [1.165, 1.54) is 69.0 Å². The number of nitrogens with one attached hydrogen (secondary N) is 2. The van der Waals surface area contributed by atoms with Gasteiger partial charge in [-0.2, -0.15) is 5.26 Å². The minimum Gasteiger partial charge on any atom is -1.00 e. The van der Waals surface area contributed by atoms with Crippen LogP contribution in [0.3, 0.4) is 0 Å². The number of aromatic carboxylic acids is 1. The average Bonchev–Trinajstić information content (AvgIpc) is 1.77. The number of benzene rings is 2. The van der Waals surface area contributed by atoms with Crippen molar-refractivity contribution >= 4 is 240 Å². The molecule has 0 unspecified atom stereocenters. The molecule has 0 aliphatic heterocycles. The Morgan fingerprint density at radius 1 is 0.725 bits per heavy atom. The molecule has 9 rings (SSSR count). The van der Waals surface area contributed by atoms with Gasteiger partial charge in [0, 0.05) is 112 Å². The fourth-order valence-electron chi connectivity index (χ4n) is 5.97. The molecule has 0 aliphatic carbocycles. The Balaban J connectivity index is -0.000000190. The largest absolute Gasteiger partial charge is 1.00 e. The van der Waals surface area contributed by atoms with Crippen LogP contribution in [0.4, 0.5) is 30.6 Å². The van der Waals surface area contributed by atoms with Crippen molar-refractivity contribution < 1.29 is 136 Å². The maximum Gasteiger partial charge on any atom is 1.00 e. The molecule has 0 spiro atoms. The zero-order valence-electron chi connectivity index (χ0n) is 63.8. The first-order valence-corrected chi connectivity index (χ1v) is 37.4. The van der Waals surface area contributed by atoms with Crippen molar-refractivity contribution in [1.82, 2.24) is 34.9 Å². The number of carbonyl (C=O) groups is 4. The summed E-state index contributed by atoms with van der Waals surface area (Å²) in [5, 5.41) is 49.3. The van der Waals surface area contributed by atoms with Crippen LogP contribution in [-0.4, -0.2) is 147 Å². The normalized spacial score (nSPS) is 9.54. The van der Waals surface area contributed by atoms with Gasteiger partial charge in [-0.3, -0.25) is 24.1 Å². The number of carboxylic acids is 1. The summed E-state index contributed by atoms with van der Waals surface area (Å²) in [6.45, 7) is 27.5. The van der Waals surface area contributed by atoms with E-state index in [4.69, 9.17) is 100 Å². The monoisotopic (exact) mass is 1820 g/mol. The van der Waals surface area contributed by atoms with Gasteiger partial charge in [0.1, 0.15) is 22.7 Å². The summed E-state index contributed by atoms with van der Waals surface area (Å²) < 4.78 is 36.2. The van der Waals surface area contributed by atoms with Crippen molar-refractivity contribution in [3.8, 4) is 10.8 Å². The number of nitrogens with zero attached hydrogens (tertiary/aromatic N) is 9. The van der Waals surface area contributed by atoms with Gasteiger partial charge in [-0.25, -0.2) is 44.9 Å². The molecule has 9 aromatic rings. The summed E-state index contributed by atoms with van der Waals surface area (Å²) in [6.07, 6.45) is 13.5. The summed E-state index contributed by atoms with van der Waals surface area (Å²) >= 11 is 22.3. The third-order valence-corrected chi connectivity index (χ3v) is 18.0. The van der Waals surface area contributed by atoms with Gasteiger partial charge >= 0.3 is 86.9 Å². The number of aliphatic hydroxyl groups is 2. The minimum atomic E-state index is -1.03. The number of oxazole rings is 3. The number of halogens is 4. The number of hydrogen-bond donors (Lipinski definition) is 8.